The molecule has 3 fully saturated rings. The molecule has 0 aliphatic carbocycles. The first kappa shape index (κ1) is 33.0. The van der Waals surface area contributed by atoms with Crippen LogP contribution in [0.3, 0.4) is 0 Å². The van der Waals surface area contributed by atoms with Crippen LogP contribution in [-0.2, 0) is 26.6 Å². The van der Waals surface area contributed by atoms with Crippen LogP contribution in [0.1, 0.15) is 12.5 Å². The van der Waals surface area contributed by atoms with Gasteiger partial charge in [-0.15, -0.1) is 0 Å². The summed E-state index contributed by atoms with van der Waals surface area (Å²) in [5, 5.41) is 3.65. The molecule has 3 aliphatic rings. The van der Waals surface area contributed by atoms with E-state index in [1.54, 1.807) is 31.6 Å². The van der Waals surface area contributed by atoms with E-state index in [4.69, 9.17) is 37.4 Å². The summed E-state index contributed by atoms with van der Waals surface area (Å²) in [6.07, 6.45) is 4.95. The Labute approximate surface area is 301 Å². The molecule has 3 aliphatic heterocycles. The number of imide groups is 1. The van der Waals surface area contributed by atoms with Crippen LogP contribution in [0.5, 0.6) is 5.75 Å². The maximum Gasteiger partial charge on any atom is 0.329 e. The Balaban J connectivity index is 0.944. The average Bonchev–Trinajstić information content (AvgIpc) is 3.80. The summed E-state index contributed by atoms with van der Waals surface area (Å²) in [6, 6.07) is 20.1. The van der Waals surface area contributed by atoms with Gasteiger partial charge in [0.05, 0.1) is 34.2 Å². The third-order valence-electron chi connectivity index (χ3n) is 8.68. The van der Waals surface area contributed by atoms with Crippen LogP contribution in [0.25, 0.3) is 0 Å². The number of piperazine rings is 1. The molecule has 1 N–H and O–H groups in total. The number of carbonyl (C=O) groups is 2. The van der Waals surface area contributed by atoms with E-state index in [1.165, 1.54) is 4.90 Å². The summed E-state index contributed by atoms with van der Waals surface area (Å²) in [5.41, 5.74) is 3.43. The first-order valence-corrected chi connectivity index (χ1v) is 17.6. The summed E-state index contributed by atoms with van der Waals surface area (Å²) in [6.45, 7) is 5.18. The van der Waals surface area contributed by atoms with E-state index in [0.29, 0.717) is 41.1 Å². The van der Waals surface area contributed by atoms with E-state index in [1.807, 2.05) is 53.2 Å². The molecule has 4 heterocycles. The van der Waals surface area contributed by atoms with E-state index in [0.717, 1.165) is 36.8 Å². The number of halogens is 3. The Morgan fingerprint density at radius 1 is 1.02 bits per heavy atom. The van der Waals surface area contributed by atoms with Crippen molar-refractivity contribution in [3.63, 3.8) is 0 Å². The largest absolute Gasteiger partial charge is 0.491 e. The third-order valence-corrected chi connectivity index (χ3v) is 10.3. The van der Waals surface area contributed by atoms with Gasteiger partial charge in [-0.05, 0) is 67.6 Å². The zero-order chi connectivity index (χ0) is 33.4. The number of amides is 3. The van der Waals surface area contributed by atoms with Crippen LogP contribution in [-0.4, -0.2) is 70.5 Å². The monoisotopic (exact) mass is 802 g/mol. The number of rotatable bonds is 9. The quantitative estimate of drug-likeness (QED) is 0.0943. The number of hydrogen-bond acceptors (Lipinski definition) is 8. The molecule has 48 heavy (non-hydrogen) atoms. The highest BCUT2D eigenvalue weighted by Gasteiger charge is 2.45. The van der Waals surface area contributed by atoms with E-state index in [9.17, 15) is 9.59 Å². The van der Waals surface area contributed by atoms with E-state index in [-0.39, 0.29) is 22.1 Å². The molecule has 0 saturated carbocycles. The van der Waals surface area contributed by atoms with Crippen LogP contribution in [0.15, 0.2) is 85.5 Å². The summed E-state index contributed by atoms with van der Waals surface area (Å²) in [5.74, 6) is -0.611. The number of alkyl halides is 1. The molecule has 3 aromatic carbocycles. The zero-order valence-electron chi connectivity index (χ0n) is 26.0. The first-order chi connectivity index (χ1) is 23.2. The maximum atomic E-state index is 12.4. The Kier molecular flexibility index (Phi) is 9.44. The number of urea groups is 1. The normalized spacial score (nSPS) is 24.3. The fraction of sp³-hybridized carbons (Fsp3) is 0.324. The molecule has 0 spiro atoms. The average molecular weight is 803 g/mol. The highest BCUT2D eigenvalue weighted by Crippen LogP contribution is 2.41. The molecule has 250 valence electrons. The van der Waals surface area contributed by atoms with Gasteiger partial charge in [0.1, 0.15) is 24.5 Å². The van der Waals surface area contributed by atoms with Gasteiger partial charge in [0.2, 0.25) is 5.79 Å². The minimum absolute atomic E-state index is 0.214. The maximum absolute atomic E-state index is 12.4. The molecule has 4 aromatic rings. The molecule has 4 unspecified atom stereocenters. The van der Waals surface area contributed by atoms with Crippen molar-refractivity contribution in [1.82, 2.24) is 14.9 Å². The van der Waals surface area contributed by atoms with Gasteiger partial charge in [-0.1, -0.05) is 51.9 Å². The number of aromatic nitrogens is 2. The van der Waals surface area contributed by atoms with Gasteiger partial charge in [-0.3, -0.25) is 4.79 Å². The van der Waals surface area contributed by atoms with E-state index in [2.05, 4.69) is 54.8 Å². The van der Waals surface area contributed by atoms with Crippen molar-refractivity contribution < 1.29 is 23.8 Å². The van der Waals surface area contributed by atoms with Crippen molar-refractivity contribution in [2.45, 2.75) is 35.4 Å². The summed E-state index contributed by atoms with van der Waals surface area (Å²) < 4.78 is 21.1. The molecule has 11 nitrogen and oxygen atoms in total. The van der Waals surface area contributed by atoms with Crippen molar-refractivity contribution in [3.05, 3.63) is 101 Å². The fourth-order valence-corrected chi connectivity index (χ4v) is 7.85. The van der Waals surface area contributed by atoms with Crippen LogP contribution < -0.4 is 24.8 Å². The van der Waals surface area contributed by atoms with Gasteiger partial charge in [0.25, 0.3) is 5.91 Å². The van der Waals surface area contributed by atoms with Gasteiger partial charge in [-0.2, -0.15) is 0 Å². The first-order valence-electron chi connectivity index (χ1n) is 15.6. The molecule has 3 amide bonds. The number of benzene rings is 3. The molecule has 0 radical (unpaired) electrons. The van der Waals surface area contributed by atoms with Gasteiger partial charge in [0, 0.05) is 54.0 Å². The predicted molar refractivity (Wildman–Crippen MR) is 192 cm³/mol. The molecule has 1 aromatic heterocycles. The standard InChI is InChI=1S/C34H33Cl2IN6O5/c1-22-32(44)43(33(45)39-22)26-5-3-25(4-6-26)42-15-14-41(17-31(42)37)24-7-9-27(10-8-24)46-18-28-19-47-34(48-28,20-40-13-12-38-21-40)29-11-2-23(35)16-30(29)36/h2-13,16,21-22,28,31H,14-15,17-20H2,1H3,(H,39,45). The number of carbonyl (C=O) groups excluding carboxylic acids is 2. The lowest BCUT2D eigenvalue weighted by atomic mass is 10.1. The third kappa shape index (κ3) is 6.68. The summed E-state index contributed by atoms with van der Waals surface area (Å²) in [4.78, 5) is 34.6. The minimum atomic E-state index is -1.11. The second kappa shape index (κ2) is 13.7. The molecule has 0 bridgehead atoms. The number of nitrogens with zero attached hydrogens (tertiary/aromatic N) is 5. The Bertz CT molecular complexity index is 1780. The number of ether oxygens (including phenoxy) is 3. The van der Waals surface area contributed by atoms with Crippen molar-refractivity contribution in [2.75, 3.05) is 47.5 Å². The lowest BCUT2D eigenvalue weighted by Gasteiger charge is -2.41. The second-order valence-corrected chi connectivity index (χ2v) is 14.2. The van der Waals surface area contributed by atoms with Gasteiger partial charge < -0.3 is 33.9 Å². The molecular formula is C34H33Cl2IN6O5. The molecule has 14 heteroatoms. The number of nitrogens with one attached hydrogen (secondary N) is 1. The highest BCUT2D eigenvalue weighted by atomic mass is 127. The van der Waals surface area contributed by atoms with Crippen molar-refractivity contribution in [2.24, 2.45) is 0 Å². The smallest absolute Gasteiger partial charge is 0.329 e. The van der Waals surface area contributed by atoms with Crippen molar-refractivity contribution >= 4 is 74.8 Å². The Morgan fingerprint density at radius 3 is 2.44 bits per heavy atom. The summed E-state index contributed by atoms with van der Waals surface area (Å²) >= 11 is 15.2. The molecular weight excluding hydrogens is 770 g/mol. The van der Waals surface area contributed by atoms with Gasteiger partial charge in [-0.25, -0.2) is 14.7 Å². The number of anilines is 3. The minimum Gasteiger partial charge on any atom is -0.491 e. The number of imidazole rings is 1. The van der Waals surface area contributed by atoms with Crippen LogP contribution in [0.4, 0.5) is 21.9 Å². The predicted octanol–water partition coefficient (Wildman–Crippen LogP) is 6.07. The van der Waals surface area contributed by atoms with Crippen LogP contribution >= 0.6 is 45.8 Å². The van der Waals surface area contributed by atoms with E-state index >= 15 is 0 Å². The molecule has 7 rings (SSSR count). The zero-order valence-corrected chi connectivity index (χ0v) is 29.6. The Morgan fingerprint density at radius 2 is 1.77 bits per heavy atom. The summed E-state index contributed by atoms with van der Waals surface area (Å²) in [7, 11) is 0. The van der Waals surface area contributed by atoms with Crippen molar-refractivity contribution in [3.8, 4) is 5.75 Å². The van der Waals surface area contributed by atoms with E-state index < -0.39 is 11.8 Å². The molecule has 3 saturated heterocycles. The SMILES string of the molecule is CC1NC(=O)N(c2ccc(N3CCN(c4ccc(OCC5COC(Cn6ccnc6)(c6ccc(Cl)cc6Cl)O5)cc4)CC3I)cc2)C1=O. The molecule has 4 atom stereocenters. The lowest BCUT2D eigenvalue weighted by molar-refractivity contribution is -0.189. The second-order valence-electron chi connectivity index (χ2n) is 11.9. The topological polar surface area (TPSA) is 101 Å². The Hall–Kier alpha value is -3.56. The number of hydrogen-bond donors (Lipinski definition) is 1. The lowest BCUT2D eigenvalue weighted by Crippen LogP contribution is -2.50. The van der Waals surface area contributed by atoms with Crippen LogP contribution in [0.2, 0.25) is 10.0 Å². The van der Waals surface area contributed by atoms with Gasteiger partial charge >= 0.3 is 6.03 Å². The van der Waals surface area contributed by atoms with Crippen LogP contribution in [0, 0.1) is 0 Å². The highest BCUT2D eigenvalue weighted by molar-refractivity contribution is 14.1. The van der Waals surface area contributed by atoms with Gasteiger partial charge in [0.15, 0.2) is 0 Å². The van der Waals surface area contributed by atoms with Crippen molar-refractivity contribution in [1.29, 1.82) is 0 Å². The fourth-order valence-electron chi connectivity index (χ4n) is 6.23.